The van der Waals surface area contributed by atoms with E-state index in [4.69, 9.17) is 9.15 Å². The number of carbonyl (C=O) groups excluding carboxylic acids is 1. The summed E-state index contributed by atoms with van der Waals surface area (Å²) < 4.78 is 11.0. The topological polar surface area (TPSA) is 59.8 Å². The molecule has 0 saturated carbocycles. The van der Waals surface area contributed by atoms with E-state index in [0.717, 1.165) is 5.56 Å². The second kappa shape index (κ2) is 6.09. The van der Waals surface area contributed by atoms with Crippen molar-refractivity contribution in [2.24, 2.45) is 0 Å². The molecular weight excluding hydrogens is 318 g/mol. The molecule has 1 amide bonds. The number of fused-ring (bicyclic) bond motifs is 2. The van der Waals surface area contributed by atoms with Crippen molar-refractivity contribution >= 4 is 22.4 Å². The Balaban J connectivity index is 1.81. The molecule has 1 aromatic heterocycles. The Morgan fingerprint density at radius 1 is 1.12 bits per heavy atom. The molecule has 0 aliphatic carbocycles. The summed E-state index contributed by atoms with van der Waals surface area (Å²) in [6, 6.07) is 14.4. The Bertz CT molecular complexity index is 1020. The van der Waals surface area contributed by atoms with Gasteiger partial charge < -0.3 is 14.1 Å². The summed E-state index contributed by atoms with van der Waals surface area (Å²) in [5.41, 5.74) is 1.23. The number of hydrogen-bond donors (Lipinski definition) is 0. The summed E-state index contributed by atoms with van der Waals surface area (Å²) in [5, 5.41) is 1.16. The summed E-state index contributed by atoms with van der Waals surface area (Å²) in [6.45, 7) is 3.01. The van der Waals surface area contributed by atoms with Crippen LogP contribution in [-0.2, 0) is 0 Å². The van der Waals surface area contributed by atoms with E-state index in [1.54, 1.807) is 29.2 Å². The van der Waals surface area contributed by atoms with Crippen LogP contribution < -0.4 is 15.3 Å². The van der Waals surface area contributed by atoms with Gasteiger partial charge in [-0.25, -0.2) is 4.79 Å². The number of ether oxygens (including phenoxy) is 1. The lowest BCUT2D eigenvalue weighted by atomic mass is 10.1. The molecule has 3 aromatic rings. The first-order valence-corrected chi connectivity index (χ1v) is 8.22. The van der Waals surface area contributed by atoms with Crippen LogP contribution in [0.1, 0.15) is 22.5 Å². The molecule has 2 aromatic carbocycles. The normalized spacial score (nSPS) is 13.9. The molecule has 0 unspecified atom stereocenters. The van der Waals surface area contributed by atoms with E-state index in [9.17, 15) is 9.59 Å². The fraction of sp³-hybridized carbons (Fsp3) is 0.200. The minimum atomic E-state index is -0.503. The molecule has 5 nitrogen and oxygen atoms in total. The van der Waals surface area contributed by atoms with Gasteiger partial charge >= 0.3 is 5.63 Å². The van der Waals surface area contributed by atoms with Crippen LogP contribution in [0.3, 0.4) is 0 Å². The molecule has 0 saturated heterocycles. The molecular formula is C20H17NO4. The van der Waals surface area contributed by atoms with Gasteiger partial charge in [0.2, 0.25) is 0 Å². The van der Waals surface area contributed by atoms with Gasteiger partial charge in [-0.15, -0.1) is 0 Å². The first-order chi connectivity index (χ1) is 12.1. The maximum absolute atomic E-state index is 13.1. The highest BCUT2D eigenvalue weighted by molar-refractivity contribution is 6.06. The Morgan fingerprint density at radius 2 is 1.96 bits per heavy atom. The van der Waals surface area contributed by atoms with Crippen molar-refractivity contribution in [2.75, 3.05) is 18.1 Å². The van der Waals surface area contributed by atoms with Crippen molar-refractivity contribution in [1.29, 1.82) is 0 Å². The van der Waals surface area contributed by atoms with Crippen LogP contribution in [-0.4, -0.2) is 19.1 Å². The van der Waals surface area contributed by atoms with Crippen molar-refractivity contribution < 1.29 is 13.9 Å². The number of benzene rings is 2. The molecule has 4 rings (SSSR count). The summed E-state index contributed by atoms with van der Waals surface area (Å²) in [5.74, 6) is 0.373. The van der Waals surface area contributed by atoms with Gasteiger partial charge in [-0.1, -0.05) is 24.3 Å². The lowest BCUT2D eigenvalue weighted by Crippen LogP contribution is -2.32. The molecule has 0 fully saturated rings. The van der Waals surface area contributed by atoms with Crippen LogP contribution in [0.15, 0.2) is 57.7 Å². The molecule has 2 heterocycles. The van der Waals surface area contributed by atoms with Crippen molar-refractivity contribution in [3.05, 3.63) is 70.3 Å². The molecule has 0 bridgehead atoms. The van der Waals surface area contributed by atoms with E-state index in [1.807, 2.05) is 31.2 Å². The number of rotatable bonds is 1. The lowest BCUT2D eigenvalue weighted by molar-refractivity contribution is 0.0957. The standard InChI is InChI=1S/C20H17NO4/c1-13-7-8-17-16(11-13)21(9-4-10-24-17)19(22)18-12-14-5-2-3-6-15(14)20(23)25-18/h2-3,5-8,11-12H,4,9-10H2,1H3. The first-order valence-electron chi connectivity index (χ1n) is 8.22. The Morgan fingerprint density at radius 3 is 2.84 bits per heavy atom. The number of amides is 1. The number of nitrogens with zero attached hydrogens (tertiary/aromatic N) is 1. The average Bonchev–Trinajstić information content (AvgIpc) is 2.83. The predicted octanol–water partition coefficient (Wildman–Crippen LogP) is 3.53. The number of aryl methyl sites for hydroxylation is 1. The van der Waals surface area contributed by atoms with Gasteiger partial charge in [0.05, 0.1) is 17.7 Å². The molecule has 126 valence electrons. The predicted molar refractivity (Wildman–Crippen MR) is 95.5 cm³/mol. The largest absolute Gasteiger partial charge is 0.491 e. The molecule has 0 N–H and O–H groups in total. The van der Waals surface area contributed by atoms with Gasteiger partial charge in [0.15, 0.2) is 5.76 Å². The molecule has 0 spiro atoms. The molecule has 1 aliphatic heterocycles. The SMILES string of the molecule is Cc1ccc2c(c1)N(C(=O)c1cc3ccccc3c(=O)o1)CCCO2. The number of hydrogen-bond acceptors (Lipinski definition) is 4. The fourth-order valence-corrected chi connectivity index (χ4v) is 3.07. The van der Waals surface area contributed by atoms with E-state index >= 15 is 0 Å². The summed E-state index contributed by atoms with van der Waals surface area (Å²) in [6.07, 6.45) is 0.706. The van der Waals surface area contributed by atoms with Crippen LogP contribution in [0.4, 0.5) is 5.69 Å². The summed E-state index contributed by atoms with van der Waals surface area (Å²) >= 11 is 0. The monoisotopic (exact) mass is 335 g/mol. The third kappa shape index (κ3) is 2.78. The van der Waals surface area contributed by atoms with Crippen LogP contribution in [0.5, 0.6) is 5.75 Å². The minimum Gasteiger partial charge on any atom is -0.491 e. The molecule has 25 heavy (non-hydrogen) atoms. The van der Waals surface area contributed by atoms with Crippen LogP contribution in [0, 0.1) is 6.92 Å². The third-order valence-electron chi connectivity index (χ3n) is 4.31. The smallest absolute Gasteiger partial charge is 0.344 e. The van der Waals surface area contributed by atoms with E-state index in [-0.39, 0.29) is 11.7 Å². The second-order valence-electron chi connectivity index (χ2n) is 6.12. The van der Waals surface area contributed by atoms with Gasteiger partial charge in [-0.3, -0.25) is 4.79 Å². The van der Waals surface area contributed by atoms with Crippen LogP contribution >= 0.6 is 0 Å². The first kappa shape index (κ1) is 15.4. The number of carbonyl (C=O) groups is 1. The maximum Gasteiger partial charge on any atom is 0.344 e. The zero-order valence-electron chi connectivity index (χ0n) is 13.8. The van der Waals surface area contributed by atoms with Gasteiger partial charge in [0.1, 0.15) is 5.75 Å². The quantitative estimate of drug-likeness (QED) is 0.682. The van der Waals surface area contributed by atoms with Gasteiger partial charge in [0, 0.05) is 6.54 Å². The Kier molecular flexibility index (Phi) is 3.76. The van der Waals surface area contributed by atoms with Gasteiger partial charge in [-0.2, -0.15) is 0 Å². The average molecular weight is 335 g/mol. The second-order valence-corrected chi connectivity index (χ2v) is 6.12. The highest BCUT2D eigenvalue weighted by Gasteiger charge is 2.25. The summed E-state index contributed by atoms with van der Waals surface area (Å²) in [4.78, 5) is 26.9. The molecule has 1 aliphatic rings. The zero-order valence-corrected chi connectivity index (χ0v) is 13.8. The van der Waals surface area contributed by atoms with E-state index in [0.29, 0.717) is 41.8 Å². The lowest BCUT2D eigenvalue weighted by Gasteiger charge is -2.21. The molecule has 0 atom stereocenters. The van der Waals surface area contributed by atoms with E-state index in [2.05, 4.69) is 0 Å². The van der Waals surface area contributed by atoms with Crippen molar-refractivity contribution in [1.82, 2.24) is 0 Å². The van der Waals surface area contributed by atoms with Gasteiger partial charge in [-0.05, 0) is 48.6 Å². The van der Waals surface area contributed by atoms with Crippen molar-refractivity contribution in [3.8, 4) is 5.75 Å². The zero-order chi connectivity index (χ0) is 17.4. The Labute approximate surface area is 144 Å². The molecule has 0 radical (unpaired) electrons. The summed E-state index contributed by atoms with van der Waals surface area (Å²) in [7, 11) is 0. The van der Waals surface area contributed by atoms with Crippen molar-refractivity contribution in [2.45, 2.75) is 13.3 Å². The van der Waals surface area contributed by atoms with E-state index in [1.165, 1.54) is 0 Å². The van der Waals surface area contributed by atoms with Crippen LogP contribution in [0.25, 0.3) is 10.8 Å². The highest BCUT2D eigenvalue weighted by Crippen LogP contribution is 2.33. The highest BCUT2D eigenvalue weighted by atomic mass is 16.5. The van der Waals surface area contributed by atoms with E-state index < -0.39 is 5.63 Å². The Hall–Kier alpha value is -3.08. The number of anilines is 1. The fourth-order valence-electron chi connectivity index (χ4n) is 3.07. The minimum absolute atomic E-state index is 0.0399. The van der Waals surface area contributed by atoms with Crippen molar-refractivity contribution in [3.63, 3.8) is 0 Å². The third-order valence-corrected chi connectivity index (χ3v) is 4.31. The molecule has 5 heteroatoms. The van der Waals surface area contributed by atoms with Gasteiger partial charge in [0.25, 0.3) is 5.91 Å². The van der Waals surface area contributed by atoms with Crippen LogP contribution in [0.2, 0.25) is 0 Å². The maximum atomic E-state index is 13.1.